The molecule has 100 valence electrons. The maximum atomic E-state index is 5.79. The molecule has 1 aromatic carbocycles. The second-order valence-electron chi connectivity index (χ2n) is 5.55. The third-order valence-corrected chi connectivity index (χ3v) is 4.22. The molecule has 18 heavy (non-hydrogen) atoms. The fourth-order valence-electron chi connectivity index (χ4n) is 2.82. The van der Waals surface area contributed by atoms with Gasteiger partial charge in [-0.3, -0.25) is 0 Å². The van der Waals surface area contributed by atoms with Crippen LogP contribution in [0, 0.1) is 5.92 Å². The standard InChI is InChI=1S/C16H26N2/c1-3-13(11-17)12-18(2)16-9-8-14-6-4-5-7-15(14)10-16/h8-10,13H,3-7,11-12,17H2,1-2H3. The predicted octanol–water partition coefficient (Wildman–Crippen LogP) is 2.99. The van der Waals surface area contributed by atoms with Crippen LogP contribution in [0.25, 0.3) is 0 Å². The van der Waals surface area contributed by atoms with Gasteiger partial charge in [-0.15, -0.1) is 0 Å². The Bertz CT molecular complexity index is 383. The molecule has 2 nitrogen and oxygen atoms in total. The minimum absolute atomic E-state index is 0.603. The van der Waals surface area contributed by atoms with Gasteiger partial charge in [0.2, 0.25) is 0 Å². The van der Waals surface area contributed by atoms with Gasteiger partial charge in [0.15, 0.2) is 0 Å². The lowest BCUT2D eigenvalue weighted by atomic mass is 9.91. The van der Waals surface area contributed by atoms with E-state index in [0.717, 1.165) is 19.5 Å². The van der Waals surface area contributed by atoms with Gasteiger partial charge >= 0.3 is 0 Å². The Morgan fingerprint density at radius 2 is 1.94 bits per heavy atom. The van der Waals surface area contributed by atoms with E-state index in [-0.39, 0.29) is 0 Å². The van der Waals surface area contributed by atoms with E-state index in [1.807, 2.05) is 0 Å². The lowest BCUT2D eigenvalue weighted by molar-refractivity contribution is 0.521. The molecular formula is C16H26N2. The summed E-state index contributed by atoms with van der Waals surface area (Å²) in [4.78, 5) is 2.36. The molecule has 0 aliphatic heterocycles. The van der Waals surface area contributed by atoms with Crippen LogP contribution in [-0.2, 0) is 12.8 Å². The molecule has 0 saturated carbocycles. The van der Waals surface area contributed by atoms with Gasteiger partial charge in [0.25, 0.3) is 0 Å². The maximum Gasteiger partial charge on any atom is 0.0366 e. The minimum Gasteiger partial charge on any atom is -0.374 e. The summed E-state index contributed by atoms with van der Waals surface area (Å²) >= 11 is 0. The Kier molecular flexibility index (Phi) is 4.65. The highest BCUT2D eigenvalue weighted by atomic mass is 15.1. The van der Waals surface area contributed by atoms with Crippen molar-refractivity contribution in [3.63, 3.8) is 0 Å². The van der Waals surface area contributed by atoms with Crippen LogP contribution in [0.5, 0.6) is 0 Å². The first-order chi connectivity index (χ1) is 8.74. The number of nitrogens with zero attached hydrogens (tertiary/aromatic N) is 1. The van der Waals surface area contributed by atoms with Crippen molar-refractivity contribution in [3.05, 3.63) is 29.3 Å². The number of hydrogen-bond donors (Lipinski definition) is 1. The van der Waals surface area contributed by atoms with Crippen molar-refractivity contribution in [3.8, 4) is 0 Å². The number of fused-ring (bicyclic) bond motifs is 1. The third-order valence-electron chi connectivity index (χ3n) is 4.22. The van der Waals surface area contributed by atoms with E-state index in [1.54, 1.807) is 11.1 Å². The van der Waals surface area contributed by atoms with Crippen molar-refractivity contribution in [2.45, 2.75) is 39.0 Å². The van der Waals surface area contributed by atoms with E-state index in [9.17, 15) is 0 Å². The summed E-state index contributed by atoms with van der Waals surface area (Å²) in [6.07, 6.45) is 6.38. The van der Waals surface area contributed by atoms with Crippen LogP contribution in [0.3, 0.4) is 0 Å². The van der Waals surface area contributed by atoms with Gasteiger partial charge in [0.1, 0.15) is 0 Å². The first-order valence-corrected chi connectivity index (χ1v) is 7.27. The van der Waals surface area contributed by atoms with Gasteiger partial charge in [-0.25, -0.2) is 0 Å². The fraction of sp³-hybridized carbons (Fsp3) is 0.625. The van der Waals surface area contributed by atoms with E-state index in [1.165, 1.54) is 31.4 Å². The van der Waals surface area contributed by atoms with Crippen molar-refractivity contribution < 1.29 is 0 Å². The van der Waals surface area contributed by atoms with Crippen LogP contribution in [0.1, 0.15) is 37.3 Å². The second-order valence-corrected chi connectivity index (χ2v) is 5.55. The number of rotatable bonds is 5. The average molecular weight is 246 g/mol. The molecule has 0 radical (unpaired) electrons. The number of anilines is 1. The molecule has 1 aliphatic rings. The van der Waals surface area contributed by atoms with E-state index in [0.29, 0.717) is 5.92 Å². The van der Waals surface area contributed by atoms with Crippen molar-refractivity contribution in [1.29, 1.82) is 0 Å². The van der Waals surface area contributed by atoms with Crippen LogP contribution < -0.4 is 10.6 Å². The molecule has 0 fully saturated rings. The fourth-order valence-corrected chi connectivity index (χ4v) is 2.82. The molecule has 1 aliphatic carbocycles. The number of nitrogens with two attached hydrogens (primary N) is 1. The first-order valence-electron chi connectivity index (χ1n) is 7.27. The van der Waals surface area contributed by atoms with Gasteiger partial charge < -0.3 is 10.6 Å². The number of benzene rings is 1. The predicted molar refractivity (Wildman–Crippen MR) is 79.2 cm³/mol. The molecule has 0 aromatic heterocycles. The second kappa shape index (κ2) is 6.24. The van der Waals surface area contributed by atoms with E-state index < -0.39 is 0 Å². The summed E-state index contributed by atoms with van der Waals surface area (Å²) < 4.78 is 0. The highest BCUT2D eigenvalue weighted by Crippen LogP contribution is 2.26. The molecule has 2 heteroatoms. The molecule has 0 heterocycles. The molecule has 1 unspecified atom stereocenters. The van der Waals surface area contributed by atoms with Crippen molar-refractivity contribution >= 4 is 5.69 Å². The van der Waals surface area contributed by atoms with Crippen molar-refractivity contribution in [2.24, 2.45) is 11.7 Å². The lowest BCUT2D eigenvalue weighted by Gasteiger charge is -2.26. The highest BCUT2D eigenvalue weighted by Gasteiger charge is 2.13. The summed E-state index contributed by atoms with van der Waals surface area (Å²) in [5, 5.41) is 0. The Morgan fingerprint density at radius 1 is 1.22 bits per heavy atom. The van der Waals surface area contributed by atoms with Gasteiger partial charge in [-0.1, -0.05) is 19.4 Å². The Balaban J connectivity index is 2.08. The van der Waals surface area contributed by atoms with Crippen LogP contribution in [0.4, 0.5) is 5.69 Å². The zero-order chi connectivity index (χ0) is 13.0. The molecule has 1 atom stereocenters. The number of aryl methyl sites for hydroxylation is 2. The summed E-state index contributed by atoms with van der Waals surface area (Å²) in [5.41, 5.74) is 10.3. The normalized spacial score (nSPS) is 16.2. The third kappa shape index (κ3) is 3.05. The summed E-state index contributed by atoms with van der Waals surface area (Å²) in [6.45, 7) is 4.07. The van der Waals surface area contributed by atoms with E-state index >= 15 is 0 Å². The molecule has 2 rings (SSSR count). The number of hydrogen-bond acceptors (Lipinski definition) is 2. The van der Waals surface area contributed by atoms with Gasteiger partial charge in [-0.2, -0.15) is 0 Å². The summed E-state index contributed by atoms with van der Waals surface area (Å²) in [5.74, 6) is 0.603. The monoisotopic (exact) mass is 246 g/mol. The average Bonchev–Trinajstić information content (AvgIpc) is 2.44. The largest absolute Gasteiger partial charge is 0.374 e. The summed E-state index contributed by atoms with van der Waals surface area (Å²) in [7, 11) is 2.18. The molecule has 0 bridgehead atoms. The summed E-state index contributed by atoms with van der Waals surface area (Å²) in [6, 6.07) is 6.98. The van der Waals surface area contributed by atoms with E-state index in [4.69, 9.17) is 5.73 Å². The molecule has 1 aromatic rings. The minimum atomic E-state index is 0.603. The Hall–Kier alpha value is -1.02. The first kappa shape index (κ1) is 13.4. The SMILES string of the molecule is CCC(CN)CN(C)c1ccc2c(c1)CCCC2. The van der Waals surface area contributed by atoms with Crippen LogP contribution in [0.2, 0.25) is 0 Å². The molecular weight excluding hydrogens is 220 g/mol. The lowest BCUT2D eigenvalue weighted by Crippen LogP contribution is -2.29. The maximum absolute atomic E-state index is 5.79. The molecule has 2 N–H and O–H groups in total. The molecule has 0 spiro atoms. The Morgan fingerprint density at radius 3 is 2.61 bits per heavy atom. The van der Waals surface area contributed by atoms with Gasteiger partial charge in [0.05, 0.1) is 0 Å². The quantitative estimate of drug-likeness (QED) is 0.865. The van der Waals surface area contributed by atoms with Gasteiger partial charge in [0, 0.05) is 19.3 Å². The molecule has 0 saturated heterocycles. The topological polar surface area (TPSA) is 29.3 Å². The highest BCUT2D eigenvalue weighted by molar-refractivity contribution is 5.51. The van der Waals surface area contributed by atoms with Gasteiger partial charge in [-0.05, 0) is 61.4 Å². The van der Waals surface area contributed by atoms with E-state index in [2.05, 4.69) is 37.1 Å². The van der Waals surface area contributed by atoms with Crippen molar-refractivity contribution in [1.82, 2.24) is 0 Å². The smallest absolute Gasteiger partial charge is 0.0366 e. The molecule has 0 amide bonds. The zero-order valence-electron chi connectivity index (χ0n) is 11.8. The zero-order valence-corrected chi connectivity index (χ0v) is 11.8. The Labute approximate surface area is 111 Å². The van der Waals surface area contributed by atoms with Crippen LogP contribution in [0.15, 0.2) is 18.2 Å². The van der Waals surface area contributed by atoms with Crippen molar-refractivity contribution in [2.75, 3.05) is 25.0 Å². The van der Waals surface area contributed by atoms with Crippen LogP contribution >= 0.6 is 0 Å². The van der Waals surface area contributed by atoms with Crippen LogP contribution in [-0.4, -0.2) is 20.1 Å².